The number of anilines is 2. The van der Waals surface area contributed by atoms with Crippen molar-refractivity contribution in [3.8, 4) is 0 Å². The molecule has 172 valence electrons. The van der Waals surface area contributed by atoms with Gasteiger partial charge >= 0.3 is 6.18 Å². The zero-order chi connectivity index (χ0) is 22.6. The summed E-state index contributed by atoms with van der Waals surface area (Å²) in [6, 6.07) is 11.3. The molecule has 32 heavy (non-hydrogen) atoms. The van der Waals surface area contributed by atoms with Crippen LogP contribution in [0, 0.1) is 0 Å². The number of rotatable bonds is 5. The quantitative estimate of drug-likeness (QED) is 0.705. The monoisotopic (exact) mass is 447 g/mol. The van der Waals surface area contributed by atoms with Crippen LogP contribution in [-0.4, -0.2) is 79.6 Å². The van der Waals surface area contributed by atoms with E-state index in [2.05, 4.69) is 14.8 Å². The van der Waals surface area contributed by atoms with Gasteiger partial charge in [-0.3, -0.25) is 9.69 Å². The smallest absolute Gasteiger partial charge is 0.369 e. The molecule has 0 bridgehead atoms. The summed E-state index contributed by atoms with van der Waals surface area (Å²) in [6.07, 6.45) is -2.09. The fourth-order valence-corrected chi connectivity index (χ4v) is 4.25. The molecule has 2 fully saturated rings. The summed E-state index contributed by atoms with van der Waals surface area (Å²) in [6.45, 7) is 6.38. The number of hydrogen-bond donors (Lipinski definition) is 0. The average Bonchev–Trinajstić information content (AvgIpc) is 2.83. The van der Waals surface area contributed by atoms with Gasteiger partial charge in [-0.25, -0.2) is 4.98 Å². The molecule has 3 heterocycles. The average molecular weight is 448 g/mol. The molecule has 2 aliphatic heterocycles. The Kier molecular flexibility index (Phi) is 6.83. The van der Waals surface area contributed by atoms with E-state index in [1.165, 1.54) is 12.1 Å². The molecule has 9 heteroatoms. The lowest BCUT2D eigenvalue weighted by Gasteiger charge is -2.37. The number of nitrogens with zero attached hydrogens (tertiary/aromatic N) is 5. The minimum atomic E-state index is -4.33. The van der Waals surface area contributed by atoms with Gasteiger partial charge in [0, 0.05) is 77.2 Å². The molecule has 0 atom stereocenters. The number of carbonyl (C=O) groups excluding carboxylic acids is 1. The fourth-order valence-electron chi connectivity index (χ4n) is 4.25. The first-order valence-electron chi connectivity index (χ1n) is 11.0. The third-order valence-electron chi connectivity index (χ3n) is 6.16. The predicted molar refractivity (Wildman–Crippen MR) is 118 cm³/mol. The third-order valence-corrected chi connectivity index (χ3v) is 6.16. The largest absolute Gasteiger partial charge is 0.416 e. The van der Waals surface area contributed by atoms with Crippen molar-refractivity contribution in [3.05, 3.63) is 54.2 Å². The molecule has 0 radical (unpaired) electrons. The summed E-state index contributed by atoms with van der Waals surface area (Å²) < 4.78 is 38.9. The second-order valence-corrected chi connectivity index (χ2v) is 8.18. The van der Waals surface area contributed by atoms with Crippen LogP contribution < -0.4 is 9.80 Å². The van der Waals surface area contributed by atoms with Gasteiger partial charge < -0.3 is 14.7 Å². The highest BCUT2D eigenvalue weighted by atomic mass is 19.4. The van der Waals surface area contributed by atoms with Crippen LogP contribution in [0.4, 0.5) is 24.7 Å². The summed E-state index contributed by atoms with van der Waals surface area (Å²) in [4.78, 5) is 25.3. The molecule has 0 N–H and O–H groups in total. The Labute approximate surface area is 186 Å². The summed E-state index contributed by atoms with van der Waals surface area (Å²) >= 11 is 0. The summed E-state index contributed by atoms with van der Waals surface area (Å²) in [5, 5.41) is 0. The van der Waals surface area contributed by atoms with E-state index in [0.29, 0.717) is 44.8 Å². The van der Waals surface area contributed by atoms with Gasteiger partial charge in [0.15, 0.2) is 0 Å². The molecule has 2 aromatic rings. The highest BCUT2D eigenvalue weighted by molar-refractivity contribution is 5.76. The summed E-state index contributed by atoms with van der Waals surface area (Å²) in [5.41, 5.74) is -0.0208. The zero-order valence-corrected chi connectivity index (χ0v) is 18.0. The molecular weight excluding hydrogens is 419 g/mol. The van der Waals surface area contributed by atoms with Gasteiger partial charge in [-0.05, 0) is 30.3 Å². The van der Waals surface area contributed by atoms with Crippen molar-refractivity contribution in [2.75, 3.05) is 68.7 Å². The maximum absolute atomic E-state index is 13.0. The van der Waals surface area contributed by atoms with Gasteiger partial charge in [0.1, 0.15) is 5.82 Å². The lowest BCUT2D eigenvalue weighted by atomic mass is 10.1. The SMILES string of the molecule is O=C(CCN1CCN(c2cccc(C(F)(F)F)c2)CC1)N1CCN(c2ccccn2)CC1. The van der Waals surface area contributed by atoms with E-state index in [0.717, 1.165) is 38.1 Å². The first kappa shape index (κ1) is 22.4. The number of halogens is 3. The number of aromatic nitrogens is 1. The molecular formula is C23H28F3N5O. The molecule has 0 spiro atoms. The standard InChI is InChI=1S/C23H28F3N5O/c24-23(25,26)19-4-3-5-20(18-19)29-12-10-28(11-13-29)9-7-22(32)31-16-14-30(15-17-31)21-6-1-2-8-27-21/h1-6,8,18H,7,9-17H2. The number of piperazine rings is 2. The normalized spacial score (nSPS) is 18.2. The van der Waals surface area contributed by atoms with E-state index < -0.39 is 11.7 Å². The van der Waals surface area contributed by atoms with Crippen molar-refractivity contribution in [1.82, 2.24) is 14.8 Å². The minimum absolute atomic E-state index is 0.158. The molecule has 0 saturated carbocycles. The summed E-state index contributed by atoms with van der Waals surface area (Å²) in [7, 11) is 0. The molecule has 1 aromatic carbocycles. The van der Waals surface area contributed by atoms with Crippen LogP contribution in [0.25, 0.3) is 0 Å². The first-order chi connectivity index (χ1) is 15.4. The van der Waals surface area contributed by atoms with Crippen LogP contribution >= 0.6 is 0 Å². The van der Waals surface area contributed by atoms with Crippen LogP contribution in [0.2, 0.25) is 0 Å². The number of alkyl halides is 3. The first-order valence-corrected chi connectivity index (χ1v) is 11.0. The second-order valence-electron chi connectivity index (χ2n) is 8.18. The number of hydrogen-bond acceptors (Lipinski definition) is 5. The van der Waals surface area contributed by atoms with Crippen molar-refractivity contribution in [2.45, 2.75) is 12.6 Å². The van der Waals surface area contributed by atoms with Crippen LogP contribution in [0.5, 0.6) is 0 Å². The number of amides is 1. The van der Waals surface area contributed by atoms with Crippen molar-refractivity contribution >= 4 is 17.4 Å². The van der Waals surface area contributed by atoms with Gasteiger partial charge in [-0.1, -0.05) is 12.1 Å². The molecule has 6 nitrogen and oxygen atoms in total. The Hall–Kier alpha value is -2.81. The maximum atomic E-state index is 13.0. The van der Waals surface area contributed by atoms with Crippen LogP contribution in [-0.2, 0) is 11.0 Å². The Balaban J connectivity index is 1.20. The lowest BCUT2D eigenvalue weighted by Crippen LogP contribution is -2.50. The van der Waals surface area contributed by atoms with E-state index in [1.807, 2.05) is 28.0 Å². The number of carbonyl (C=O) groups is 1. The molecule has 2 aliphatic rings. The Morgan fingerprint density at radius 1 is 0.875 bits per heavy atom. The van der Waals surface area contributed by atoms with Gasteiger partial charge in [0.05, 0.1) is 5.56 Å². The van der Waals surface area contributed by atoms with E-state index in [9.17, 15) is 18.0 Å². The van der Waals surface area contributed by atoms with Gasteiger partial charge in [0.25, 0.3) is 0 Å². The number of pyridine rings is 1. The van der Waals surface area contributed by atoms with Crippen LogP contribution in [0.3, 0.4) is 0 Å². The second kappa shape index (κ2) is 9.77. The van der Waals surface area contributed by atoms with Gasteiger partial charge in [0.2, 0.25) is 5.91 Å². The Bertz CT molecular complexity index is 892. The van der Waals surface area contributed by atoms with E-state index in [1.54, 1.807) is 12.3 Å². The molecule has 1 amide bonds. The molecule has 4 rings (SSSR count). The topological polar surface area (TPSA) is 42.9 Å². The lowest BCUT2D eigenvalue weighted by molar-refractivity contribution is -0.137. The van der Waals surface area contributed by atoms with E-state index >= 15 is 0 Å². The fraction of sp³-hybridized carbons (Fsp3) is 0.478. The van der Waals surface area contributed by atoms with Crippen molar-refractivity contribution in [2.24, 2.45) is 0 Å². The van der Waals surface area contributed by atoms with Gasteiger partial charge in [-0.15, -0.1) is 0 Å². The zero-order valence-electron chi connectivity index (χ0n) is 18.0. The van der Waals surface area contributed by atoms with Crippen molar-refractivity contribution in [1.29, 1.82) is 0 Å². The minimum Gasteiger partial charge on any atom is -0.369 e. The van der Waals surface area contributed by atoms with E-state index in [-0.39, 0.29) is 5.91 Å². The summed E-state index contributed by atoms with van der Waals surface area (Å²) in [5.74, 6) is 1.10. The highest BCUT2D eigenvalue weighted by Gasteiger charge is 2.31. The maximum Gasteiger partial charge on any atom is 0.416 e. The molecule has 0 unspecified atom stereocenters. The molecule has 2 saturated heterocycles. The van der Waals surface area contributed by atoms with E-state index in [4.69, 9.17) is 0 Å². The van der Waals surface area contributed by atoms with Crippen LogP contribution in [0.15, 0.2) is 48.7 Å². The molecule has 1 aromatic heterocycles. The number of benzene rings is 1. The van der Waals surface area contributed by atoms with Crippen molar-refractivity contribution < 1.29 is 18.0 Å². The van der Waals surface area contributed by atoms with Crippen molar-refractivity contribution in [3.63, 3.8) is 0 Å². The van der Waals surface area contributed by atoms with Crippen LogP contribution in [0.1, 0.15) is 12.0 Å². The Morgan fingerprint density at radius 3 is 2.25 bits per heavy atom. The van der Waals surface area contributed by atoms with Gasteiger partial charge in [-0.2, -0.15) is 13.2 Å². The third kappa shape index (κ3) is 5.51. The molecule has 0 aliphatic carbocycles. The Morgan fingerprint density at radius 2 is 1.59 bits per heavy atom. The predicted octanol–water partition coefficient (Wildman–Crippen LogP) is 2.96. The highest BCUT2D eigenvalue weighted by Crippen LogP contribution is 2.31.